The molecule has 0 aromatic heterocycles. The standard InChI is InChI=1S/C23H28N2O2/c1-16-14-21(27-3)10-11-22(16)17-4-6-18(7-5-17)23(26)25-13-12-19-8-9-20(15-25)24(19)2/h4-7,10-11,14,19-20H,8-9,12-13,15H2,1-3H3/t19-,20+/m1/s1. The number of rotatable bonds is 3. The molecule has 0 unspecified atom stereocenters. The van der Waals surface area contributed by atoms with Crippen LogP contribution in [0.3, 0.4) is 0 Å². The number of likely N-dealkylation sites (tertiary alicyclic amines) is 1. The van der Waals surface area contributed by atoms with Gasteiger partial charge in [-0.15, -0.1) is 0 Å². The highest BCUT2D eigenvalue weighted by Crippen LogP contribution is 2.30. The SMILES string of the molecule is COc1ccc(-c2ccc(C(=O)N3CC[C@H]4CC[C@@H](C3)N4C)cc2)c(C)c1. The van der Waals surface area contributed by atoms with Crippen molar-refractivity contribution in [3.63, 3.8) is 0 Å². The summed E-state index contributed by atoms with van der Waals surface area (Å²) < 4.78 is 5.29. The van der Waals surface area contributed by atoms with Crippen molar-refractivity contribution in [2.45, 2.75) is 38.3 Å². The number of fused-ring (bicyclic) bond motifs is 2. The minimum Gasteiger partial charge on any atom is -0.497 e. The maximum atomic E-state index is 13.0. The van der Waals surface area contributed by atoms with Gasteiger partial charge in [-0.05, 0) is 74.2 Å². The van der Waals surface area contributed by atoms with Crippen LogP contribution in [0.15, 0.2) is 42.5 Å². The average Bonchev–Trinajstić information content (AvgIpc) is 2.93. The third-order valence-electron chi connectivity index (χ3n) is 6.31. The molecule has 4 heteroatoms. The van der Waals surface area contributed by atoms with Gasteiger partial charge in [0.1, 0.15) is 5.75 Å². The normalized spacial score (nSPS) is 22.6. The van der Waals surface area contributed by atoms with Crippen LogP contribution >= 0.6 is 0 Å². The van der Waals surface area contributed by atoms with Crippen LogP contribution in [0.1, 0.15) is 35.2 Å². The smallest absolute Gasteiger partial charge is 0.253 e. The van der Waals surface area contributed by atoms with Crippen LogP contribution in [-0.4, -0.2) is 55.0 Å². The molecule has 142 valence electrons. The van der Waals surface area contributed by atoms with Gasteiger partial charge in [-0.3, -0.25) is 9.69 Å². The fourth-order valence-corrected chi connectivity index (χ4v) is 4.56. The molecular weight excluding hydrogens is 336 g/mol. The number of benzene rings is 2. The Morgan fingerprint density at radius 2 is 1.78 bits per heavy atom. The number of hydrogen-bond acceptors (Lipinski definition) is 3. The molecule has 4 rings (SSSR count). The number of methoxy groups -OCH3 is 1. The fourth-order valence-electron chi connectivity index (χ4n) is 4.56. The van der Waals surface area contributed by atoms with Gasteiger partial charge in [-0.25, -0.2) is 0 Å². The van der Waals surface area contributed by atoms with E-state index in [2.05, 4.69) is 37.1 Å². The summed E-state index contributed by atoms with van der Waals surface area (Å²) >= 11 is 0. The zero-order valence-corrected chi connectivity index (χ0v) is 16.4. The lowest BCUT2D eigenvalue weighted by molar-refractivity contribution is 0.0740. The first-order chi connectivity index (χ1) is 13.1. The number of likely N-dealkylation sites (N-methyl/N-ethyl adjacent to an activating group) is 1. The van der Waals surface area contributed by atoms with Crippen molar-refractivity contribution in [3.8, 4) is 16.9 Å². The van der Waals surface area contributed by atoms with Gasteiger partial charge in [0, 0.05) is 30.7 Å². The highest BCUT2D eigenvalue weighted by Gasteiger charge is 2.36. The fraction of sp³-hybridized carbons (Fsp3) is 0.435. The van der Waals surface area contributed by atoms with Gasteiger partial charge < -0.3 is 9.64 Å². The van der Waals surface area contributed by atoms with E-state index >= 15 is 0 Å². The van der Waals surface area contributed by atoms with Crippen LogP contribution < -0.4 is 4.74 Å². The highest BCUT2D eigenvalue weighted by atomic mass is 16.5. The second kappa shape index (κ2) is 7.35. The Balaban J connectivity index is 1.51. The number of carbonyl (C=O) groups is 1. The first-order valence-electron chi connectivity index (χ1n) is 9.83. The van der Waals surface area contributed by atoms with Gasteiger partial charge in [-0.1, -0.05) is 18.2 Å². The molecule has 2 bridgehead atoms. The summed E-state index contributed by atoms with van der Waals surface area (Å²) in [4.78, 5) is 17.5. The first-order valence-corrected chi connectivity index (χ1v) is 9.83. The summed E-state index contributed by atoms with van der Waals surface area (Å²) in [6, 6.07) is 15.3. The van der Waals surface area contributed by atoms with Gasteiger partial charge in [0.15, 0.2) is 0 Å². The lowest BCUT2D eigenvalue weighted by Crippen LogP contribution is -2.39. The summed E-state index contributed by atoms with van der Waals surface area (Å²) in [5.74, 6) is 1.03. The molecule has 0 spiro atoms. The van der Waals surface area contributed by atoms with Crippen LogP contribution in [-0.2, 0) is 0 Å². The van der Waals surface area contributed by atoms with Crippen molar-refractivity contribution in [1.82, 2.24) is 9.80 Å². The molecule has 2 aliphatic rings. The maximum absolute atomic E-state index is 13.0. The highest BCUT2D eigenvalue weighted by molar-refractivity contribution is 5.94. The Kier molecular flexibility index (Phi) is 4.92. The molecule has 0 saturated carbocycles. The molecule has 0 N–H and O–H groups in total. The summed E-state index contributed by atoms with van der Waals surface area (Å²) in [6.45, 7) is 3.80. The second-order valence-electron chi connectivity index (χ2n) is 7.85. The van der Waals surface area contributed by atoms with E-state index in [0.717, 1.165) is 36.4 Å². The largest absolute Gasteiger partial charge is 0.497 e. The van der Waals surface area contributed by atoms with E-state index in [1.54, 1.807) is 7.11 Å². The van der Waals surface area contributed by atoms with E-state index in [9.17, 15) is 4.79 Å². The summed E-state index contributed by atoms with van der Waals surface area (Å²) in [6.07, 6.45) is 3.57. The first kappa shape index (κ1) is 18.1. The van der Waals surface area contributed by atoms with Gasteiger partial charge in [0.25, 0.3) is 5.91 Å². The number of amides is 1. The minimum absolute atomic E-state index is 0.161. The predicted octanol–water partition coefficient (Wildman–Crippen LogP) is 3.98. The molecule has 4 nitrogen and oxygen atoms in total. The van der Waals surface area contributed by atoms with Gasteiger partial charge >= 0.3 is 0 Å². The Morgan fingerprint density at radius 3 is 2.48 bits per heavy atom. The third kappa shape index (κ3) is 3.46. The molecule has 2 atom stereocenters. The van der Waals surface area contributed by atoms with Crippen molar-refractivity contribution in [3.05, 3.63) is 53.6 Å². The minimum atomic E-state index is 0.161. The molecule has 2 heterocycles. The topological polar surface area (TPSA) is 32.8 Å². The lowest BCUT2D eigenvalue weighted by Gasteiger charge is -2.26. The van der Waals surface area contributed by atoms with Crippen molar-refractivity contribution in [2.24, 2.45) is 0 Å². The Hall–Kier alpha value is -2.33. The van der Waals surface area contributed by atoms with Crippen molar-refractivity contribution in [2.75, 3.05) is 27.2 Å². The summed E-state index contributed by atoms with van der Waals surface area (Å²) in [5.41, 5.74) is 4.25. The summed E-state index contributed by atoms with van der Waals surface area (Å²) in [5, 5.41) is 0. The predicted molar refractivity (Wildman–Crippen MR) is 108 cm³/mol. The van der Waals surface area contributed by atoms with Gasteiger partial charge in [0.05, 0.1) is 7.11 Å². The van der Waals surface area contributed by atoms with E-state index in [-0.39, 0.29) is 5.91 Å². The molecule has 1 amide bonds. The molecule has 2 aromatic carbocycles. The van der Waals surface area contributed by atoms with Gasteiger partial charge in [0.2, 0.25) is 0 Å². The molecule has 2 fully saturated rings. The van der Waals surface area contributed by atoms with Crippen LogP contribution in [0.5, 0.6) is 5.75 Å². The number of aryl methyl sites for hydroxylation is 1. The van der Waals surface area contributed by atoms with Crippen molar-refractivity contribution in [1.29, 1.82) is 0 Å². The van der Waals surface area contributed by atoms with Crippen LogP contribution in [0.4, 0.5) is 0 Å². The number of hydrogen-bond donors (Lipinski definition) is 0. The molecule has 2 aliphatic heterocycles. The van der Waals surface area contributed by atoms with Crippen molar-refractivity contribution >= 4 is 5.91 Å². The molecule has 2 saturated heterocycles. The van der Waals surface area contributed by atoms with Crippen LogP contribution in [0.2, 0.25) is 0 Å². The van der Waals surface area contributed by atoms with E-state index in [1.165, 1.54) is 24.0 Å². The number of ether oxygens (including phenoxy) is 1. The maximum Gasteiger partial charge on any atom is 0.253 e. The quantitative estimate of drug-likeness (QED) is 0.826. The Labute approximate surface area is 161 Å². The van der Waals surface area contributed by atoms with Gasteiger partial charge in [-0.2, -0.15) is 0 Å². The third-order valence-corrected chi connectivity index (χ3v) is 6.31. The lowest BCUT2D eigenvalue weighted by atomic mass is 9.99. The molecule has 0 aliphatic carbocycles. The van der Waals surface area contributed by atoms with E-state index in [0.29, 0.717) is 12.1 Å². The molecular formula is C23H28N2O2. The van der Waals surface area contributed by atoms with Crippen LogP contribution in [0, 0.1) is 6.92 Å². The zero-order valence-electron chi connectivity index (χ0n) is 16.4. The monoisotopic (exact) mass is 364 g/mol. The summed E-state index contributed by atoms with van der Waals surface area (Å²) in [7, 11) is 3.89. The van der Waals surface area contributed by atoms with Crippen molar-refractivity contribution < 1.29 is 9.53 Å². The average molecular weight is 364 g/mol. The van der Waals surface area contributed by atoms with E-state index in [4.69, 9.17) is 4.74 Å². The number of nitrogens with zero attached hydrogens (tertiary/aromatic N) is 2. The molecule has 0 radical (unpaired) electrons. The number of carbonyl (C=O) groups excluding carboxylic acids is 1. The molecule has 27 heavy (non-hydrogen) atoms. The Bertz CT molecular complexity index is 831. The van der Waals surface area contributed by atoms with Crippen LogP contribution in [0.25, 0.3) is 11.1 Å². The van der Waals surface area contributed by atoms with E-state index < -0.39 is 0 Å². The van der Waals surface area contributed by atoms with E-state index in [1.807, 2.05) is 29.2 Å². The molecule has 2 aromatic rings. The Morgan fingerprint density at radius 1 is 1.04 bits per heavy atom. The zero-order chi connectivity index (χ0) is 19.0. The second-order valence-corrected chi connectivity index (χ2v) is 7.85.